The number of nitrogens with one attached hydrogen (secondary N) is 1. The number of hydrogen-bond acceptors (Lipinski definition) is 8. The van der Waals surface area contributed by atoms with E-state index in [1.165, 1.54) is 0 Å². The van der Waals surface area contributed by atoms with Crippen LogP contribution in [0.2, 0.25) is 0 Å². The van der Waals surface area contributed by atoms with Crippen LogP contribution in [0, 0.1) is 0 Å². The summed E-state index contributed by atoms with van der Waals surface area (Å²) in [6.45, 7) is 0. The molecule has 0 aliphatic carbocycles. The van der Waals surface area contributed by atoms with Crippen LogP contribution in [0.3, 0.4) is 0 Å². The lowest BCUT2D eigenvalue weighted by Crippen LogP contribution is -2.01. The number of nitrogens with zero attached hydrogens (tertiary/aromatic N) is 5. The smallest absolute Gasteiger partial charge is 0.203 e. The largest absolute Gasteiger partial charge is 0.493 e. The molecule has 0 aliphatic rings. The van der Waals surface area contributed by atoms with Crippen LogP contribution in [0.5, 0.6) is 17.2 Å². The lowest BCUT2D eigenvalue weighted by molar-refractivity contribution is 0.324. The molecule has 9 heteroatoms. The first-order valence-electron chi connectivity index (χ1n) is 9.10. The number of benzene rings is 2. The topological polar surface area (TPSA) is 95.2 Å². The predicted molar refractivity (Wildman–Crippen MR) is 114 cm³/mol. The molecule has 2 aromatic carbocycles. The van der Waals surface area contributed by atoms with Crippen LogP contribution < -0.4 is 19.6 Å². The van der Waals surface area contributed by atoms with Crippen LogP contribution >= 0.6 is 0 Å². The van der Waals surface area contributed by atoms with E-state index in [0.717, 1.165) is 11.1 Å². The molecule has 30 heavy (non-hydrogen) atoms. The molecule has 1 N–H and O–H groups in total. The van der Waals surface area contributed by atoms with Gasteiger partial charge in [0.15, 0.2) is 28.8 Å². The Hall–Kier alpha value is -4.14. The molecule has 0 saturated carbocycles. The van der Waals surface area contributed by atoms with Gasteiger partial charge in [-0.15, -0.1) is 15.3 Å². The fraction of sp³-hybridized carbons (Fsp3) is 0.143. The van der Waals surface area contributed by atoms with Crippen molar-refractivity contribution in [3.63, 3.8) is 0 Å². The van der Waals surface area contributed by atoms with Crippen LogP contribution in [0.4, 0.5) is 5.82 Å². The molecule has 0 spiro atoms. The predicted octanol–water partition coefficient (Wildman–Crippen LogP) is 3.26. The third-order valence-corrected chi connectivity index (χ3v) is 4.37. The zero-order valence-electron chi connectivity index (χ0n) is 16.7. The second kappa shape index (κ2) is 8.48. The highest BCUT2D eigenvalue weighted by atomic mass is 16.5. The van der Waals surface area contributed by atoms with Gasteiger partial charge in [0.05, 0.1) is 27.5 Å². The molecule has 0 unspecified atom stereocenters. The van der Waals surface area contributed by atoms with Crippen LogP contribution in [-0.2, 0) is 0 Å². The number of ether oxygens (including phenoxy) is 3. The van der Waals surface area contributed by atoms with Gasteiger partial charge in [0.25, 0.3) is 0 Å². The van der Waals surface area contributed by atoms with Crippen molar-refractivity contribution < 1.29 is 14.2 Å². The van der Waals surface area contributed by atoms with Crippen molar-refractivity contribution in [3.05, 3.63) is 60.2 Å². The van der Waals surface area contributed by atoms with E-state index >= 15 is 0 Å². The van der Waals surface area contributed by atoms with Gasteiger partial charge in [0, 0.05) is 11.1 Å². The monoisotopic (exact) mass is 404 g/mol. The third kappa shape index (κ3) is 3.72. The Bertz CT molecular complexity index is 1170. The van der Waals surface area contributed by atoms with Gasteiger partial charge in [-0.1, -0.05) is 30.3 Å². The summed E-state index contributed by atoms with van der Waals surface area (Å²) < 4.78 is 17.7. The Morgan fingerprint density at radius 1 is 0.900 bits per heavy atom. The van der Waals surface area contributed by atoms with Crippen LogP contribution in [0.25, 0.3) is 17.0 Å². The normalized spacial score (nSPS) is 11.0. The van der Waals surface area contributed by atoms with Crippen LogP contribution in [-0.4, -0.2) is 47.4 Å². The fourth-order valence-electron chi connectivity index (χ4n) is 2.96. The molecule has 4 rings (SSSR count). The van der Waals surface area contributed by atoms with E-state index in [0.29, 0.717) is 34.5 Å². The highest BCUT2D eigenvalue weighted by molar-refractivity contribution is 5.83. The van der Waals surface area contributed by atoms with Crippen LogP contribution in [0.15, 0.2) is 59.7 Å². The summed E-state index contributed by atoms with van der Waals surface area (Å²) in [5.41, 5.74) is 5.27. The maximum absolute atomic E-state index is 5.36. The molecule has 0 radical (unpaired) electrons. The minimum atomic E-state index is 0.526. The number of aromatic nitrogens is 4. The molecule has 2 aromatic heterocycles. The summed E-state index contributed by atoms with van der Waals surface area (Å²) in [7, 11) is 4.70. The molecule has 2 heterocycles. The Morgan fingerprint density at radius 2 is 1.63 bits per heavy atom. The number of hydrazone groups is 1. The van der Waals surface area contributed by atoms with E-state index in [1.807, 2.05) is 36.4 Å². The molecular formula is C21H20N6O3. The zero-order valence-corrected chi connectivity index (χ0v) is 16.7. The van der Waals surface area contributed by atoms with E-state index in [1.54, 1.807) is 50.3 Å². The number of fused-ring (bicyclic) bond motifs is 1. The summed E-state index contributed by atoms with van der Waals surface area (Å²) >= 11 is 0. The molecule has 0 aliphatic heterocycles. The van der Waals surface area contributed by atoms with Crippen molar-refractivity contribution in [3.8, 4) is 28.6 Å². The molecule has 0 amide bonds. The van der Waals surface area contributed by atoms with Gasteiger partial charge in [-0.05, 0) is 24.3 Å². The van der Waals surface area contributed by atoms with Gasteiger partial charge in [-0.3, -0.25) is 5.43 Å². The second-order valence-electron chi connectivity index (χ2n) is 6.21. The third-order valence-electron chi connectivity index (χ3n) is 4.37. The van der Waals surface area contributed by atoms with Crippen molar-refractivity contribution in [2.75, 3.05) is 26.8 Å². The molecule has 0 bridgehead atoms. The minimum Gasteiger partial charge on any atom is -0.493 e. The standard InChI is InChI=1S/C21H20N6O3/c1-28-16-11-14(12-17(29-2)20(16)30-3)13-22-23-18-9-10-19-24-25-21(27(19)26-18)15-7-5-4-6-8-15/h4-13H,1-3H3,(H,23,26)/b22-13-. The second-order valence-corrected chi connectivity index (χ2v) is 6.21. The first kappa shape index (κ1) is 19.2. The number of anilines is 1. The molecule has 9 nitrogen and oxygen atoms in total. The lowest BCUT2D eigenvalue weighted by Gasteiger charge is -2.12. The average Bonchev–Trinajstić information content (AvgIpc) is 3.22. The Kier molecular flexibility index (Phi) is 5.42. The van der Waals surface area contributed by atoms with Gasteiger partial charge >= 0.3 is 0 Å². The SMILES string of the molecule is COc1cc(/C=N\Nc2ccc3nnc(-c4ccccc4)n3n2)cc(OC)c1OC. The Labute approximate surface area is 172 Å². The summed E-state index contributed by atoms with van der Waals surface area (Å²) in [5.74, 6) is 2.83. The van der Waals surface area contributed by atoms with Gasteiger partial charge < -0.3 is 14.2 Å². The first-order valence-corrected chi connectivity index (χ1v) is 9.10. The van der Waals surface area contributed by atoms with Crippen molar-refractivity contribution >= 4 is 17.7 Å². The fourth-order valence-corrected chi connectivity index (χ4v) is 2.96. The summed E-state index contributed by atoms with van der Waals surface area (Å²) in [5, 5.41) is 17.2. The van der Waals surface area contributed by atoms with E-state index in [4.69, 9.17) is 14.2 Å². The van der Waals surface area contributed by atoms with Crippen molar-refractivity contribution in [2.24, 2.45) is 5.10 Å². The quantitative estimate of drug-likeness (QED) is 0.373. The zero-order chi connectivity index (χ0) is 20.9. The van der Waals surface area contributed by atoms with Crippen molar-refractivity contribution in [2.45, 2.75) is 0 Å². The van der Waals surface area contributed by atoms with E-state index in [-0.39, 0.29) is 0 Å². The molecule has 0 saturated heterocycles. The first-order chi connectivity index (χ1) is 14.7. The van der Waals surface area contributed by atoms with Gasteiger partial charge in [0.1, 0.15) is 0 Å². The number of hydrogen-bond donors (Lipinski definition) is 1. The summed E-state index contributed by atoms with van der Waals surface area (Å²) in [6.07, 6.45) is 1.64. The molecule has 0 fully saturated rings. The Morgan fingerprint density at radius 3 is 2.30 bits per heavy atom. The van der Waals surface area contributed by atoms with Gasteiger partial charge in [-0.2, -0.15) is 9.62 Å². The highest BCUT2D eigenvalue weighted by Crippen LogP contribution is 2.37. The minimum absolute atomic E-state index is 0.526. The lowest BCUT2D eigenvalue weighted by atomic mass is 10.2. The van der Waals surface area contributed by atoms with Crippen molar-refractivity contribution in [1.82, 2.24) is 19.8 Å². The van der Waals surface area contributed by atoms with Crippen molar-refractivity contribution in [1.29, 1.82) is 0 Å². The number of methoxy groups -OCH3 is 3. The molecule has 0 atom stereocenters. The molecule has 4 aromatic rings. The van der Waals surface area contributed by atoms with E-state index < -0.39 is 0 Å². The van der Waals surface area contributed by atoms with E-state index in [9.17, 15) is 0 Å². The Balaban J connectivity index is 1.59. The summed E-state index contributed by atoms with van der Waals surface area (Å²) in [6, 6.07) is 17.0. The maximum atomic E-state index is 5.36. The van der Waals surface area contributed by atoms with Gasteiger partial charge in [0.2, 0.25) is 5.75 Å². The number of rotatable bonds is 7. The maximum Gasteiger partial charge on any atom is 0.203 e. The highest BCUT2D eigenvalue weighted by Gasteiger charge is 2.12. The summed E-state index contributed by atoms with van der Waals surface area (Å²) in [4.78, 5) is 0. The van der Waals surface area contributed by atoms with E-state index in [2.05, 4.69) is 25.8 Å². The molecular weight excluding hydrogens is 384 g/mol. The average molecular weight is 404 g/mol. The van der Waals surface area contributed by atoms with Gasteiger partial charge in [-0.25, -0.2) is 0 Å². The van der Waals surface area contributed by atoms with Crippen LogP contribution in [0.1, 0.15) is 5.56 Å². The molecule has 152 valence electrons.